The normalized spacial score (nSPS) is 10.3. The van der Waals surface area contributed by atoms with Crippen LogP contribution in [0.25, 0.3) is 0 Å². The van der Waals surface area contributed by atoms with E-state index in [1.54, 1.807) is 22.9 Å². The van der Waals surface area contributed by atoms with E-state index < -0.39 is 5.97 Å². The van der Waals surface area contributed by atoms with E-state index in [2.05, 4.69) is 9.97 Å². The van der Waals surface area contributed by atoms with Gasteiger partial charge in [-0.25, -0.2) is 14.8 Å². The van der Waals surface area contributed by atoms with Gasteiger partial charge in [-0.15, -0.1) is 11.3 Å². The summed E-state index contributed by atoms with van der Waals surface area (Å²) >= 11 is 1.57. The first-order valence-corrected chi connectivity index (χ1v) is 6.26. The monoisotopic (exact) mass is 264 g/mol. The van der Waals surface area contributed by atoms with Gasteiger partial charge in [0.1, 0.15) is 5.56 Å². The molecule has 1 N–H and O–H groups in total. The minimum atomic E-state index is -1.04. The first-order valence-electron chi connectivity index (χ1n) is 5.38. The molecule has 2 aromatic rings. The Labute approximate surface area is 108 Å². The Morgan fingerprint density at radius 2 is 2.33 bits per heavy atom. The van der Waals surface area contributed by atoms with Gasteiger partial charge in [-0.3, -0.25) is 0 Å². The van der Waals surface area contributed by atoms with Gasteiger partial charge in [0.05, 0.1) is 17.8 Å². The van der Waals surface area contributed by atoms with Crippen molar-refractivity contribution in [3.8, 4) is 5.88 Å². The predicted octanol–water partition coefficient (Wildman–Crippen LogP) is 2.17. The van der Waals surface area contributed by atoms with Crippen LogP contribution in [0.15, 0.2) is 23.8 Å². The topological polar surface area (TPSA) is 72.3 Å². The van der Waals surface area contributed by atoms with Gasteiger partial charge in [0.25, 0.3) is 0 Å². The summed E-state index contributed by atoms with van der Waals surface area (Å²) in [5, 5.41) is 8.97. The van der Waals surface area contributed by atoms with Crippen LogP contribution in [-0.2, 0) is 6.42 Å². The number of pyridine rings is 1. The average Bonchev–Trinajstić information content (AvgIpc) is 2.76. The van der Waals surface area contributed by atoms with Crippen molar-refractivity contribution in [2.45, 2.75) is 13.3 Å². The highest BCUT2D eigenvalue weighted by atomic mass is 32.1. The van der Waals surface area contributed by atoms with E-state index in [0.29, 0.717) is 13.0 Å². The zero-order valence-corrected chi connectivity index (χ0v) is 10.6. The van der Waals surface area contributed by atoms with E-state index in [0.717, 1.165) is 10.6 Å². The SMILES string of the molecule is Cc1ncsc1CCOc1ncccc1C(=O)O. The third-order valence-corrected chi connectivity index (χ3v) is 3.41. The molecule has 0 spiro atoms. The van der Waals surface area contributed by atoms with Gasteiger partial charge >= 0.3 is 5.97 Å². The fraction of sp³-hybridized carbons (Fsp3) is 0.250. The summed E-state index contributed by atoms with van der Waals surface area (Å²) in [4.78, 5) is 20.1. The molecular weight excluding hydrogens is 252 g/mol. The van der Waals surface area contributed by atoms with Crippen molar-refractivity contribution in [3.63, 3.8) is 0 Å². The number of hydrogen-bond acceptors (Lipinski definition) is 5. The largest absolute Gasteiger partial charge is 0.477 e. The van der Waals surface area contributed by atoms with Crippen molar-refractivity contribution in [2.24, 2.45) is 0 Å². The lowest BCUT2D eigenvalue weighted by Crippen LogP contribution is -2.07. The van der Waals surface area contributed by atoms with E-state index >= 15 is 0 Å². The highest BCUT2D eigenvalue weighted by molar-refractivity contribution is 7.09. The lowest BCUT2D eigenvalue weighted by molar-refractivity contribution is 0.0691. The number of aromatic carboxylic acids is 1. The average molecular weight is 264 g/mol. The van der Waals surface area contributed by atoms with Crippen molar-refractivity contribution < 1.29 is 14.6 Å². The molecule has 0 aliphatic carbocycles. The van der Waals surface area contributed by atoms with Crippen LogP contribution in [-0.4, -0.2) is 27.7 Å². The van der Waals surface area contributed by atoms with Crippen LogP contribution in [0.4, 0.5) is 0 Å². The van der Waals surface area contributed by atoms with Crippen molar-refractivity contribution in [1.29, 1.82) is 0 Å². The number of nitrogens with zero attached hydrogens (tertiary/aromatic N) is 2. The van der Waals surface area contributed by atoms with Crippen molar-refractivity contribution >= 4 is 17.3 Å². The predicted molar refractivity (Wildman–Crippen MR) is 67.2 cm³/mol. The molecule has 0 saturated carbocycles. The van der Waals surface area contributed by atoms with Gasteiger partial charge in [0.15, 0.2) is 0 Å². The van der Waals surface area contributed by atoms with E-state index in [4.69, 9.17) is 9.84 Å². The summed E-state index contributed by atoms with van der Waals surface area (Å²) < 4.78 is 5.41. The van der Waals surface area contributed by atoms with Crippen LogP contribution in [0.3, 0.4) is 0 Å². The van der Waals surface area contributed by atoms with Gasteiger partial charge < -0.3 is 9.84 Å². The van der Waals surface area contributed by atoms with Gasteiger partial charge in [-0.1, -0.05) is 0 Å². The van der Waals surface area contributed by atoms with Crippen LogP contribution in [0, 0.1) is 6.92 Å². The maximum atomic E-state index is 10.9. The Balaban J connectivity index is 1.99. The maximum Gasteiger partial charge on any atom is 0.341 e. The second-order valence-electron chi connectivity index (χ2n) is 3.62. The van der Waals surface area contributed by atoms with E-state index in [1.807, 2.05) is 6.92 Å². The molecule has 2 rings (SSSR count). The Bertz CT molecular complexity index is 554. The molecule has 0 amide bonds. The van der Waals surface area contributed by atoms with Gasteiger partial charge in [0, 0.05) is 17.5 Å². The second-order valence-corrected chi connectivity index (χ2v) is 4.56. The highest BCUT2D eigenvalue weighted by Gasteiger charge is 2.11. The molecule has 5 nitrogen and oxygen atoms in total. The summed E-state index contributed by atoms with van der Waals surface area (Å²) in [5.74, 6) is -0.876. The maximum absolute atomic E-state index is 10.9. The Morgan fingerprint density at radius 3 is 3.00 bits per heavy atom. The fourth-order valence-corrected chi connectivity index (χ4v) is 2.24. The molecule has 18 heavy (non-hydrogen) atoms. The molecular formula is C12H12N2O3S. The zero-order chi connectivity index (χ0) is 13.0. The lowest BCUT2D eigenvalue weighted by Gasteiger charge is -2.06. The summed E-state index contributed by atoms with van der Waals surface area (Å²) in [6, 6.07) is 3.05. The molecule has 0 aromatic carbocycles. The van der Waals surface area contributed by atoms with E-state index in [9.17, 15) is 4.79 Å². The third kappa shape index (κ3) is 2.84. The molecule has 0 aliphatic rings. The highest BCUT2D eigenvalue weighted by Crippen LogP contribution is 2.16. The molecule has 0 aliphatic heterocycles. The number of rotatable bonds is 5. The fourth-order valence-electron chi connectivity index (χ4n) is 1.48. The molecule has 94 valence electrons. The number of aryl methyl sites for hydroxylation is 1. The van der Waals surface area contributed by atoms with Crippen LogP contribution < -0.4 is 4.74 Å². The number of thiazole rings is 1. The second kappa shape index (κ2) is 5.59. The summed E-state index contributed by atoms with van der Waals surface area (Å²) in [5.41, 5.74) is 2.86. The molecule has 2 aromatic heterocycles. The van der Waals surface area contributed by atoms with Gasteiger partial charge in [-0.05, 0) is 19.1 Å². The minimum Gasteiger partial charge on any atom is -0.477 e. The van der Waals surface area contributed by atoms with E-state index in [-0.39, 0.29) is 11.4 Å². The van der Waals surface area contributed by atoms with Crippen LogP contribution in [0.1, 0.15) is 20.9 Å². The standard InChI is InChI=1S/C12H12N2O3S/c1-8-10(18-7-14-8)4-6-17-11-9(12(15)16)3-2-5-13-11/h2-3,5,7H,4,6H2,1H3,(H,15,16). The number of hydrogen-bond donors (Lipinski definition) is 1. The zero-order valence-electron chi connectivity index (χ0n) is 9.79. The Kier molecular flexibility index (Phi) is 3.88. The van der Waals surface area contributed by atoms with Crippen molar-refractivity contribution in [3.05, 3.63) is 40.0 Å². The smallest absolute Gasteiger partial charge is 0.341 e. The number of carboxylic acids is 1. The van der Waals surface area contributed by atoms with Crippen molar-refractivity contribution in [1.82, 2.24) is 9.97 Å². The molecule has 0 bridgehead atoms. The van der Waals surface area contributed by atoms with Crippen molar-refractivity contribution in [2.75, 3.05) is 6.61 Å². The molecule has 0 unspecified atom stereocenters. The van der Waals surface area contributed by atoms with Gasteiger partial charge in [-0.2, -0.15) is 0 Å². The summed E-state index contributed by atoms with van der Waals surface area (Å²) in [7, 11) is 0. The lowest BCUT2D eigenvalue weighted by atomic mass is 10.3. The third-order valence-electron chi connectivity index (χ3n) is 2.41. The van der Waals surface area contributed by atoms with Crippen LogP contribution in [0.2, 0.25) is 0 Å². The molecule has 6 heteroatoms. The minimum absolute atomic E-state index is 0.0820. The summed E-state index contributed by atoms with van der Waals surface area (Å²) in [6.07, 6.45) is 2.21. The summed E-state index contributed by atoms with van der Waals surface area (Å²) in [6.45, 7) is 2.33. The number of ether oxygens (including phenoxy) is 1. The molecule has 0 fully saturated rings. The van der Waals surface area contributed by atoms with Crippen LogP contribution >= 0.6 is 11.3 Å². The quantitative estimate of drug-likeness (QED) is 0.896. The molecule has 2 heterocycles. The first-order chi connectivity index (χ1) is 8.68. The number of carbonyl (C=O) groups is 1. The molecule has 0 radical (unpaired) electrons. The first kappa shape index (κ1) is 12.5. The molecule has 0 atom stereocenters. The Morgan fingerprint density at radius 1 is 1.50 bits per heavy atom. The molecule has 0 saturated heterocycles. The van der Waals surface area contributed by atoms with Crippen LogP contribution in [0.5, 0.6) is 5.88 Å². The number of aromatic nitrogens is 2. The Hall–Kier alpha value is -1.95. The van der Waals surface area contributed by atoms with E-state index in [1.165, 1.54) is 12.3 Å². The van der Waals surface area contributed by atoms with Gasteiger partial charge in [0.2, 0.25) is 5.88 Å². The number of carboxylic acid groups (broad SMARTS) is 1.